The van der Waals surface area contributed by atoms with E-state index in [1.807, 2.05) is 0 Å². The van der Waals surface area contributed by atoms with Gasteiger partial charge in [-0.2, -0.15) is 0 Å². The van der Waals surface area contributed by atoms with Crippen LogP contribution in [-0.4, -0.2) is 41.8 Å². The summed E-state index contributed by atoms with van der Waals surface area (Å²) in [6.07, 6.45) is 8.34. The number of nitrogens with two attached hydrogens (primary N) is 1. The van der Waals surface area contributed by atoms with E-state index in [0.29, 0.717) is 0 Å². The first kappa shape index (κ1) is 15.9. The zero-order valence-electron chi connectivity index (χ0n) is 12.5. The summed E-state index contributed by atoms with van der Waals surface area (Å²) in [4.78, 5) is 2.50. The fraction of sp³-hybridized carbons (Fsp3) is 1.00. The van der Waals surface area contributed by atoms with Gasteiger partial charge in [0.1, 0.15) is 0 Å². The molecule has 1 aliphatic carbocycles. The number of rotatable bonds is 7. The smallest absolute Gasteiger partial charge is 0.0611 e. The van der Waals surface area contributed by atoms with Crippen LogP contribution < -0.4 is 5.73 Å². The Balaban J connectivity index is 2.26. The Kier molecular flexibility index (Phi) is 6.61. The molecular weight excluding hydrogens is 224 g/mol. The van der Waals surface area contributed by atoms with Crippen LogP contribution in [-0.2, 0) is 0 Å². The number of hydrogen-bond acceptors (Lipinski definition) is 3. The number of hydrogen-bond donors (Lipinski definition) is 2. The van der Waals surface area contributed by atoms with E-state index in [1.54, 1.807) is 0 Å². The van der Waals surface area contributed by atoms with E-state index in [0.717, 1.165) is 37.8 Å². The molecule has 1 saturated carbocycles. The third kappa shape index (κ3) is 4.87. The monoisotopic (exact) mass is 256 g/mol. The molecule has 1 aliphatic rings. The van der Waals surface area contributed by atoms with Crippen molar-refractivity contribution in [3.05, 3.63) is 0 Å². The lowest BCUT2D eigenvalue weighted by Crippen LogP contribution is -2.44. The van der Waals surface area contributed by atoms with Gasteiger partial charge < -0.3 is 15.7 Å². The van der Waals surface area contributed by atoms with Gasteiger partial charge in [0.25, 0.3) is 0 Å². The van der Waals surface area contributed by atoms with Crippen LogP contribution in [0.4, 0.5) is 0 Å². The molecule has 3 unspecified atom stereocenters. The Hall–Kier alpha value is -0.120. The molecule has 3 heteroatoms. The maximum atomic E-state index is 9.30. The summed E-state index contributed by atoms with van der Waals surface area (Å²) in [6, 6.07) is 0.761. The average Bonchev–Trinajstić information content (AvgIpc) is 2.38. The zero-order chi connectivity index (χ0) is 13.6. The van der Waals surface area contributed by atoms with Crippen molar-refractivity contribution >= 4 is 0 Å². The second-order valence-electron chi connectivity index (χ2n) is 6.38. The quantitative estimate of drug-likeness (QED) is 0.735. The highest BCUT2D eigenvalue weighted by molar-refractivity contribution is 4.83. The first-order valence-corrected chi connectivity index (χ1v) is 7.60. The SMILES string of the molecule is CCC(N)(CO)CCCN(C)C1CCCC(C)C1. The highest BCUT2D eigenvalue weighted by Gasteiger charge is 2.24. The Labute approximate surface area is 113 Å². The molecule has 0 saturated heterocycles. The first-order valence-electron chi connectivity index (χ1n) is 7.60. The first-order chi connectivity index (χ1) is 8.50. The molecule has 0 bridgehead atoms. The summed E-state index contributed by atoms with van der Waals surface area (Å²) < 4.78 is 0. The summed E-state index contributed by atoms with van der Waals surface area (Å²) in [5, 5.41) is 9.30. The standard InChI is InChI=1S/C15H32N2O/c1-4-15(16,12-18)9-6-10-17(3)14-8-5-7-13(2)11-14/h13-14,18H,4-12,16H2,1-3H3. The molecule has 0 aromatic heterocycles. The van der Waals surface area contributed by atoms with Crippen LogP contribution in [0.3, 0.4) is 0 Å². The van der Waals surface area contributed by atoms with E-state index in [2.05, 4.69) is 25.8 Å². The maximum absolute atomic E-state index is 9.30. The Morgan fingerprint density at radius 3 is 2.67 bits per heavy atom. The molecule has 3 N–H and O–H groups in total. The summed E-state index contributed by atoms with van der Waals surface area (Å²) in [5.74, 6) is 0.882. The lowest BCUT2D eigenvalue weighted by atomic mass is 9.86. The van der Waals surface area contributed by atoms with Gasteiger partial charge in [0.05, 0.1) is 6.61 Å². The molecule has 0 aromatic rings. The fourth-order valence-corrected chi connectivity index (χ4v) is 3.03. The molecule has 0 radical (unpaired) electrons. The van der Waals surface area contributed by atoms with Crippen molar-refractivity contribution in [2.45, 2.75) is 70.4 Å². The molecule has 3 atom stereocenters. The van der Waals surface area contributed by atoms with Crippen LogP contribution in [0.15, 0.2) is 0 Å². The Morgan fingerprint density at radius 1 is 1.39 bits per heavy atom. The predicted octanol–water partition coefficient (Wildman–Crippen LogP) is 2.38. The predicted molar refractivity (Wildman–Crippen MR) is 77.6 cm³/mol. The van der Waals surface area contributed by atoms with Crippen molar-refractivity contribution < 1.29 is 5.11 Å². The number of aliphatic hydroxyl groups is 1. The van der Waals surface area contributed by atoms with Crippen molar-refractivity contribution in [3.63, 3.8) is 0 Å². The highest BCUT2D eigenvalue weighted by atomic mass is 16.3. The molecule has 0 heterocycles. The van der Waals surface area contributed by atoms with Crippen LogP contribution in [0.25, 0.3) is 0 Å². The highest BCUT2D eigenvalue weighted by Crippen LogP contribution is 2.27. The van der Waals surface area contributed by atoms with Crippen LogP contribution in [0.1, 0.15) is 58.8 Å². The van der Waals surface area contributed by atoms with Crippen molar-refractivity contribution in [2.24, 2.45) is 11.7 Å². The molecule has 0 amide bonds. The second-order valence-corrected chi connectivity index (χ2v) is 6.38. The molecule has 1 fully saturated rings. The van der Waals surface area contributed by atoms with Gasteiger partial charge in [-0.3, -0.25) is 0 Å². The Morgan fingerprint density at radius 2 is 2.11 bits per heavy atom. The van der Waals surface area contributed by atoms with E-state index in [9.17, 15) is 5.11 Å². The fourth-order valence-electron chi connectivity index (χ4n) is 3.03. The van der Waals surface area contributed by atoms with Crippen LogP contribution in [0, 0.1) is 5.92 Å². The van der Waals surface area contributed by atoms with Gasteiger partial charge in [0.15, 0.2) is 0 Å². The molecule has 18 heavy (non-hydrogen) atoms. The molecule has 0 aliphatic heterocycles. The Bertz CT molecular complexity index is 229. The van der Waals surface area contributed by atoms with E-state index in [-0.39, 0.29) is 12.1 Å². The van der Waals surface area contributed by atoms with Crippen molar-refractivity contribution in [1.29, 1.82) is 0 Å². The molecular formula is C15H32N2O. The minimum atomic E-state index is -0.360. The molecule has 0 spiro atoms. The average molecular weight is 256 g/mol. The van der Waals surface area contributed by atoms with Crippen LogP contribution in [0.2, 0.25) is 0 Å². The van der Waals surface area contributed by atoms with E-state index >= 15 is 0 Å². The number of aliphatic hydroxyl groups excluding tert-OH is 1. The molecule has 108 valence electrons. The lowest BCUT2D eigenvalue weighted by Gasteiger charge is -2.35. The van der Waals surface area contributed by atoms with Gasteiger partial charge in [-0.05, 0) is 51.6 Å². The van der Waals surface area contributed by atoms with Crippen LogP contribution >= 0.6 is 0 Å². The minimum Gasteiger partial charge on any atom is -0.394 e. The number of nitrogens with zero attached hydrogens (tertiary/aromatic N) is 1. The van der Waals surface area contributed by atoms with Gasteiger partial charge >= 0.3 is 0 Å². The summed E-state index contributed by atoms with van der Waals surface area (Å²) in [5.41, 5.74) is 5.75. The van der Waals surface area contributed by atoms with Gasteiger partial charge in [0.2, 0.25) is 0 Å². The largest absolute Gasteiger partial charge is 0.394 e. The summed E-state index contributed by atoms with van der Waals surface area (Å²) in [6.45, 7) is 5.64. The topological polar surface area (TPSA) is 49.5 Å². The summed E-state index contributed by atoms with van der Waals surface area (Å²) in [7, 11) is 2.24. The lowest BCUT2D eigenvalue weighted by molar-refractivity contribution is 0.145. The van der Waals surface area contributed by atoms with Crippen LogP contribution in [0.5, 0.6) is 0 Å². The van der Waals surface area contributed by atoms with E-state index < -0.39 is 0 Å². The third-order valence-corrected chi connectivity index (χ3v) is 4.74. The van der Waals surface area contributed by atoms with Gasteiger partial charge in [-0.25, -0.2) is 0 Å². The normalized spacial score (nSPS) is 28.3. The molecule has 1 rings (SSSR count). The summed E-state index contributed by atoms with van der Waals surface area (Å²) >= 11 is 0. The molecule has 3 nitrogen and oxygen atoms in total. The molecule has 0 aromatic carbocycles. The van der Waals surface area contributed by atoms with Gasteiger partial charge in [-0.15, -0.1) is 0 Å². The van der Waals surface area contributed by atoms with Crippen molar-refractivity contribution in [2.75, 3.05) is 20.2 Å². The van der Waals surface area contributed by atoms with Gasteiger partial charge in [0, 0.05) is 11.6 Å². The van der Waals surface area contributed by atoms with E-state index in [4.69, 9.17) is 5.73 Å². The maximum Gasteiger partial charge on any atom is 0.0611 e. The minimum absolute atomic E-state index is 0.105. The van der Waals surface area contributed by atoms with Gasteiger partial charge in [-0.1, -0.05) is 26.7 Å². The third-order valence-electron chi connectivity index (χ3n) is 4.74. The van der Waals surface area contributed by atoms with Crippen molar-refractivity contribution in [1.82, 2.24) is 4.90 Å². The zero-order valence-corrected chi connectivity index (χ0v) is 12.5. The van der Waals surface area contributed by atoms with Crippen molar-refractivity contribution in [3.8, 4) is 0 Å². The van der Waals surface area contributed by atoms with E-state index in [1.165, 1.54) is 25.7 Å². The second kappa shape index (κ2) is 7.46.